The molecular formula is C20H15F3IN5. The van der Waals surface area contributed by atoms with Crippen LogP contribution in [0.1, 0.15) is 5.56 Å². The van der Waals surface area contributed by atoms with E-state index in [0.29, 0.717) is 21.0 Å². The smallest absolute Gasteiger partial charge is 0.346 e. The van der Waals surface area contributed by atoms with Gasteiger partial charge in [-0.2, -0.15) is 23.5 Å². The number of aromatic amines is 1. The highest BCUT2D eigenvalue weighted by Crippen LogP contribution is 2.35. The van der Waals surface area contributed by atoms with Crippen molar-refractivity contribution in [3.63, 3.8) is 0 Å². The van der Waals surface area contributed by atoms with Crippen LogP contribution in [0.25, 0.3) is 28.2 Å². The van der Waals surface area contributed by atoms with E-state index in [1.807, 2.05) is 40.9 Å². The summed E-state index contributed by atoms with van der Waals surface area (Å²) in [7, 11) is 1.80. The molecule has 0 aromatic carbocycles. The maximum atomic E-state index is 13.2. The van der Waals surface area contributed by atoms with Gasteiger partial charge in [-0.15, -0.1) is 0 Å². The minimum absolute atomic E-state index is 0.114. The van der Waals surface area contributed by atoms with Crippen molar-refractivity contribution in [1.29, 1.82) is 5.26 Å². The Morgan fingerprint density at radius 1 is 1.38 bits per heavy atom. The van der Waals surface area contributed by atoms with Gasteiger partial charge in [-0.3, -0.25) is 4.68 Å². The zero-order valence-electron chi connectivity index (χ0n) is 15.3. The molecule has 0 unspecified atom stereocenters. The molecule has 3 aromatic rings. The number of allylic oxidation sites excluding steroid dienone is 4. The molecule has 0 saturated carbocycles. The van der Waals surface area contributed by atoms with Crippen molar-refractivity contribution in [2.45, 2.75) is 6.18 Å². The van der Waals surface area contributed by atoms with E-state index in [-0.39, 0.29) is 11.1 Å². The zero-order valence-corrected chi connectivity index (χ0v) is 17.4. The van der Waals surface area contributed by atoms with Gasteiger partial charge < -0.3 is 4.98 Å². The van der Waals surface area contributed by atoms with Crippen molar-refractivity contribution < 1.29 is 13.2 Å². The molecule has 29 heavy (non-hydrogen) atoms. The lowest BCUT2D eigenvalue weighted by Crippen LogP contribution is -2.14. The Labute approximate surface area is 178 Å². The summed E-state index contributed by atoms with van der Waals surface area (Å²) in [6.45, 7) is 3.14. The SMILES string of the molecule is C=C(C(=C\CI)/C(C#N)=C/c1c[nH]c2ncc(-c3cnn(C)c3)cc12)C(F)(F)F. The molecule has 0 radical (unpaired) electrons. The van der Waals surface area contributed by atoms with E-state index in [9.17, 15) is 18.4 Å². The van der Waals surface area contributed by atoms with E-state index < -0.39 is 11.7 Å². The van der Waals surface area contributed by atoms with Crippen LogP contribution in [0.5, 0.6) is 0 Å². The number of hydrogen-bond acceptors (Lipinski definition) is 3. The van der Waals surface area contributed by atoms with E-state index in [2.05, 4.69) is 21.6 Å². The van der Waals surface area contributed by atoms with Gasteiger partial charge in [0.2, 0.25) is 0 Å². The molecule has 3 aromatic heterocycles. The molecule has 0 bridgehead atoms. The third-order valence-corrected chi connectivity index (χ3v) is 4.70. The fraction of sp³-hybridized carbons (Fsp3) is 0.150. The molecule has 0 aliphatic carbocycles. The van der Waals surface area contributed by atoms with Crippen LogP contribution in [0.15, 0.2) is 60.2 Å². The lowest BCUT2D eigenvalue weighted by atomic mass is 9.97. The quantitative estimate of drug-likeness (QED) is 0.218. The molecule has 0 saturated heterocycles. The van der Waals surface area contributed by atoms with Crippen molar-refractivity contribution >= 4 is 39.7 Å². The summed E-state index contributed by atoms with van der Waals surface area (Å²) in [5, 5.41) is 14.4. The number of nitrogens with zero attached hydrogens (tertiary/aromatic N) is 4. The van der Waals surface area contributed by atoms with Gasteiger partial charge in [-0.25, -0.2) is 4.98 Å². The van der Waals surface area contributed by atoms with Crippen LogP contribution in [-0.2, 0) is 7.05 Å². The summed E-state index contributed by atoms with van der Waals surface area (Å²) < 4.78 is 41.5. The van der Waals surface area contributed by atoms with E-state index in [0.717, 1.165) is 11.1 Å². The standard InChI is InChI=1S/C20H15F3IN5/c1-12(20(21,22)23)17(3-4-24)13(7-25)5-15-9-27-19-18(15)6-14(8-26-19)16-10-28-29(2)11-16/h3,5-6,8-11H,1,4H2,2H3,(H,26,27)/b13-5+,17-3+. The van der Waals surface area contributed by atoms with Gasteiger partial charge >= 0.3 is 6.18 Å². The second-order valence-electron chi connectivity index (χ2n) is 6.19. The molecule has 0 spiro atoms. The van der Waals surface area contributed by atoms with Crippen molar-refractivity contribution in [3.05, 3.63) is 65.8 Å². The molecule has 3 rings (SSSR count). The van der Waals surface area contributed by atoms with Crippen LogP contribution < -0.4 is 0 Å². The highest BCUT2D eigenvalue weighted by atomic mass is 127. The minimum Gasteiger partial charge on any atom is -0.346 e. The minimum atomic E-state index is -4.62. The second kappa shape index (κ2) is 8.24. The Kier molecular flexibility index (Phi) is 5.93. The Hall–Kier alpha value is -2.87. The predicted molar refractivity (Wildman–Crippen MR) is 114 cm³/mol. The molecule has 3 heterocycles. The third kappa shape index (κ3) is 4.42. The number of aromatic nitrogens is 4. The predicted octanol–water partition coefficient (Wildman–Crippen LogP) is 5.35. The van der Waals surface area contributed by atoms with Gasteiger partial charge in [0.05, 0.1) is 23.4 Å². The molecule has 0 fully saturated rings. The molecule has 0 amide bonds. The largest absolute Gasteiger partial charge is 0.416 e. The molecule has 0 aliphatic heterocycles. The zero-order chi connectivity index (χ0) is 21.2. The summed E-state index contributed by atoms with van der Waals surface area (Å²) >= 11 is 1.93. The summed E-state index contributed by atoms with van der Waals surface area (Å²) in [4.78, 5) is 7.34. The molecule has 5 nitrogen and oxygen atoms in total. The number of halogens is 4. The number of fused-ring (bicyclic) bond motifs is 1. The normalized spacial score (nSPS) is 13.0. The average molecular weight is 509 g/mol. The maximum Gasteiger partial charge on any atom is 0.416 e. The number of pyridine rings is 1. The molecule has 0 aliphatic rings. The summed E-state index contributed by atoms with van der Waals surface area (Å²) in [5.41, 5.74) is 1.41. The van der Waals surface area contributed by atoms with Gasteiger partial charge in [-0.05, 0) is 12.1 Å². The summed E-state index contributed by atoms with van der Waals surface area (Å²) in [5.74, 6) is 0. The number of H-pyrrole nitrogens is 1. The van der Waals surface area contributed by atoms with Gasteiger partial charge in [0, 0.05) is 57.7 Å². The molecule has 148 valence electrons. The Bertz CT molecular complexity index is 1170. The highest BCUT2D eigenvalue weighted by Gasteiger charge is 2.35. The van der Waals surface area contributed by atoms with Crippen LogP contribution >= 0.6 is 22.6 Å². The second-order valence-corrected chi connectivity index (χ2v) is 7.07. The monoisotopic (exact) mass is 509 g/mol. The van der Waals surface area contributed by atoms with Crippen LogP contribution in [-0.4, -0.2) is 30.4 Å². The maximum absolute atomic E-state index is 13.2. The third-order valence-electron chi connectivity index (χ3n) is 4.26. The van der Waals surface area contributed by atoms with Crippen LogP contribution in [0, 0.1) is 11.3 Å². The summed E-state index contributed by atoms with van der Waals surface area (Å²) in [6.07, 6.45) is 4.97. The van der Waals surface area contributed by atoms with Crippen molar-refractivity contribution in [2.24, 2.45) is 7.05 Å². The fourth-order valence-corrected chi connectivity index (χ4v) is 3.26. The van der Waals surface area contributed by atoms with Gasteiger partial charge in [-0.1, -0.05) is 35.2 Å². The van der Waals surface area contributed by atoms with Gasteiger partial charge in [0.25, 0.3) is 0 Å². The van der Waals surface area contributed by atoms with Crippen molar-refractivity contribution in [1.82, 2.24) is 19.7 Å². The lowest BCUT2D eigenvalue weighted by molar-refractivity contribution is -0.0887. The first-order chi connectivity index (χ1) is 13.7. The van der Waals surface area contributed by atoms with Gasteiger partial charge in [0.1, 0.15) is 5.65 Å². The molecule has 9 heteroatoms. The van der Waals surface area contributed by atoms with Crippen LogP contribution in [0.4, 0.5) is 13.2 Å². The van der Waals surface area contributed by atoms with E-state index in [1.165, 1.54) is 12.2 Å². The topological polar surface area (TPSA) is 70.3 Å². The van der Waals surface area contributed by atoms with E-state index in [1.54, 1.807) is 30.3 Å². The Balaban J connectivity index is 2.10. The number of hydrogen-bond donors (Lipinski definition) is 1. The first-order valence-corrected chi connectivity index (χ1v) is 9.88. The number of rotatable bonds is 5. The van der Waals surface area contributed by atoms with Crippen LogP contribution in [0.2, 0.25) is 0 Å². The highest BCUT2D eigenvalue weighted by molar-refractivity contribution is 14.1. The van der Waals surface area contributed by atoms with Gasteiger partial charge in [0.15, 0.2) is 0 Å². The number of aryl methyl sites for hydroxylation is 1. The molecule has 1 N–H and O–H groups in total. The first kappa shape index (κ1) is 20.9. The summed E-state index contributed by atoms with van der Waals surface area (Å²) in [6, 6.07) is 3.73. The fourth-order valence-electron chi connectivity index (χ4n) is 2.82. The Morgan fingerprint density at radius 2 is 2.14 bits per heavy atom. The van der Waals surface area contributed by atoms with Crippen LogP contribution in [0.3, 0.4) is 0 Å². The van der Waals surface area contributed by atoms with Crippen molar-refractivity contribution in [3.8, 4) is 17.2 Å². The van der Waals surface area contributed by atoms with E-state index in [4.69, 9.17) is 0 Å². The van der Waals surface area contributed by atoms with E-state index >= 15 is 0 Å². The van der Waals surface area contributed by atoms with Crippen molar-refractivity contribution in [2.75, 3.05) is 4.43 Å². The first-order valence-electron chi connectivity index (χ1n) is 8.35. The number of nitrogens with one attached hydrogen (secondary N) is 1. The Morgan fingerprint density at radius 3 is 2.72 bits per heavy atom. The number of alkyl halides is 4. The molecule has 0 atom stereocenters. The molecular weight excluding hydrogens is 494 g/mol. The average Bonchev–Trinajstić information content (AvgIpc) is 3.29. The lowest BCUT2D eigenvalue weighted by Gasteiger charge is -2.13. The number of nitriles is 1.